The highest BCUT2D eigenvalue weighted by Gasteiger charge is 2.23. The van der Waals surface area contributed by atoms with Crippen LogP contribution < -0.4 is 4.74 Å². The number of nitrogens with zero attached hydrogens (tertiary/aromatic N) is 4. The molecule has 6 heteroatoms. The summed E-state index contributed by atoms with van der Waals surface area (Å²) in [7, 11) is 1.72. The first-order valence-corrected chi connectivity index (χ1v) is 7.75. The number of hydrogen-bond donors (Lipinski definition) is 1. The Morgan fingerprint density at radius 1 is 1.27 bits per heavy atom. The number of aromatic amines is 1. The molecular weight excluding hydrogens is 278 g/mol. The van der Waals surface area contributed by atoms with Gasteiger partial charge in [-0.15, -0.1) is 0 Å². The van der Waals surface area contributed by atoms with Crippen molar-refractivity contribution in [2.24, 2.45) is 0 Å². The lowest BCUT2D eigenvalue weighted by Crippen LogP contribution is -2.33. The molecule has 3 rings (SSSR count). The minimum Gasteiger partial charge on any atom is -0.496 e. The summed E-state index contributed by atoms with van der Waals surface area (Å²) in [4.78, 5) is 11.3. The number of aromatic nitrogens is 4. The molecular formula is C16H23N5O. The van der Waals surface area contributed by atoms with E-state index in [0.29, 0.717) is 5.92 Å². The molecule has 0 aromatic carbocycles. The molecule has 0 saturated carbocycles. The maximum absolute atomic E-state index is 5.49. The van der Waals surface area contributed by atoms with Crippen LogP contribution in [0.15, 0.2) is 12.5 Å². The van der Waals surface area contributed by atoms with E-state index in [1.807, 2.05) is 13.1 Å². The largest absolute Gasteiger partial charge is 0.496 e. The van der Waals surface area contributed by atoms with Gasteiger partial charge < -0.3 is 4.74 Å². The van der Waals surface area contributed by atoms with Gasteiger partial charge in [0, 0.05) is 29.8 Å². The Labute approximate surface area is 130 Å². The standard InChI is InChI=1S/C16H23N5O/c1-11-8-17-14(12(2)15(11)22-3)9-21-6-4-13(5-7-21)16-18-10-19-20-16/h8,10,13H,4-7,9H2,1-3H3,(H,18,19,20). The molecule has 0 aliphatic carbocycles. The third-order valence-electron chi connectivity index (χ3n) is 4.53. The molecule has 2 aromatic rings. The Bertz CT molecular complexity index is 618. The second-order valence-corrected chi connectivity index (χ2v) is 5.97. The lowest BCUT2D eigenvalue weighted by molar-refractivity contribution is 0.199. The minimum atomic E-state index is 0.500. The van der Waals surface area contributed by atoms with Gasteiger partial charge in [0.05, 0.1) is 12.8 Å². The van der Waals surface area contributed by atoms with E-state index >= 15 is 0 Å². The van der Waals surface area contributed by atoms with E-state index in [1.54, 1.807) is 13.4 Å². The molecule has 1 aliphatic rings. The third kappa shape index (κ3) is 2.97. The number of hydrogen-bond acceptors (Lipinski definition) is 5. The Balaban J connectivity index is 1.64. The minimum absolute atomic E-state index is 0.500. The van der Waals surface area contributed by atoms with E-state index in [9.17, 15) is 0 Å². The summed E-state index contributed by atoms with van der Waals surface area (Å²) >= 11 is 0. The van der Waals surface area contributed by atoms with Crippen molar-refractivity contribution < 1.29 is 4.74 Å². The monoisotopic (exact) mass is 301 g/mol. The molecule has 6 nitrogen and oxygen atoms in total. The molecule has 0 bridgehead atoms. The number of pyridine rings is 1. The number of ether oxygens (including phenoxy) is 1. The van der Waals surface area contributed by atoms with E-state index in [-0.39, 0.29) is 0 Å². The molecule has 118 valence electrons. The average molecular weight is 301 g/mol. The first-order valence-electron chi connectivity index (χ1n) is 7.75. The van der Waals surface area contributed by atoms with E-state index in [2.05, 4.69) is 32.0 Å². The lowest BCUT2D eigenvalue weighted by atomic mass is 9.96. The molecule has 0 spiro atoms. The molecule has 2 aromatic heterocycles. The fraction of sp³-hybridized carbons (Fsp3) is 0.562. The quantitative estimate of drug-likeness (QED) is 0.938. The van der Waals surface area contributed by atoms with Gasteiger partial charge in [-0.25, -0.2) is 4.98 Å². The Morgan fingerprint density at radius 3 is 2.68 bits per heavy atom. The van der Waals surface area contributed by atoms with E-state index < -0.39 is 0 Å². The van der Waals surface area contributed by atoms with Gasteiger partial charge in [-0.2, -0.15) is 5.10 Å². The van der Waals surface area contributed by atoms with Crippen LogP contribution in [0.2, 0.25) is 0 Å². The summed E-state index contributed by atoms with van der Waals surface area (Å²) < 4.78 is 5.49. The number of rotatable bonds is 4. The van der Waals surface area contributed by atoms with Crippen LogP contribution in [0.4, 0.5) is 0 Å². The molecule has 22 heavy (non-hydrogen) atoms. The first kappa shape index (κ1) is 15.0. The molecule has 0 unspecified atom stereocenters. The SMILES string of the molecule is COc1c(C)cnc(CN2CCC(c3ncn[nH]3)CC2)c1C. The summed E-state index contributed by atoms with van der Waals surface area (Å²) in [6.07, 6.45) is 5.71. The normalized spacial score (nSPS) is 16.9. The molecule has 3 heterocycles. The van der Waals surface area contributed by atoms with Crippen molar-refractivity contribution in [3.8, 4) is 5.75 Å². The molecule has 1 aliphatic heterocycles. The van der Waals surface area contributed by atoms with Crippen LogP contribution in [0.1, 0.15) is 41.4 Å². The number of likely N-dealkylation sites (tertiary alicyclic amines) is 1. The summed E-state index contributed by atoms with van der Waals surface area (Å²) in [5.41, 5.74) is 3.35. The van der Waals surface area contributed by atoms with Gasteiger partial charge in [-0.3, -0.25) is 15.0 Å². The number of piperidine rings is 1. The summed E-state index contributed by atoms with van der Waals surface area (Å²) in [5, 5.41) is 6.94. The van der Waals surface area contributed by atoms with Gasteiger partial charge in [0.1, 0.15) is 17.9 Å². The van der Waals surface area contributed by atoms with Crippen LogP contribution in [-0.2, 0) is 6.54 Å². The lowest BCUT2D eigenvalue weighted by Gasteiger charge is -2.31. The summed E-state index contributed by atoms with van der Waals surface area (Å²) in [5.74, 6) is 2.48. The van der Waals surface area contributed by atoms with Crippen molar-refractivity contribution in [1.29, 1.82) is 0 Å². The van der Waals surface area contributed by atoms with Crippen molar-refractivity contribution >= 4 is 0 Å². The van der Waals surface area contributed by atoms with E-state index in [4.69, 9.17) is 4.74 Å². The van der Waals surface area contributed by atoms with Crippen LogP contribution in [0.5, 0.6) is 5.75 Å². The maximum atomic E-state index is 5.49. The zero-order valence-corrected chi connectivity index (χ0v) is 13.5. The number of aryl methyl sites for hydroxylation is 1. The summed E-state index contributed by atoms with van der Waals surface area (Å²) in [6, 6.07) is 0. The Morgan fingerprint density at radius 2 is 2.05 bits per heavy atom. The smallest absolute Gasteiger partial charge is 0.137 e. The highest BCUT2D eigenvalue weighted by Crippen LogP contribution is 2.28. The molecule has 1 N–H and O–H groups in total. The first-order chi connectivity index (χ1) is 10.7. The van der Waals surface area contributed by atoms with Crippen molar-refractivity contribution in [3.05, 3.63) is 35.2 Å². The third-order valence-corrected chi connectivity index (χ3v) is 4.53. The maximum Gasteiger partial charge on any atom is 0.137 e. The van der Waals surface area contributed by atoms with Crippen LogP contribution >= 0.6 is 0 Å². The van der Waals surface area contributed by atoms with Crippen LogP contribution in [-0.4, -0.2) is 45.3 Å². The van der Waals surface area contributed by atoms with Gasteiger partial charge in [-0.05, 0) is 39.8 Å². The molecule has 0 atom stereocenters. The zero-order chi connectivity index (χ0) is 15.5. The topological polar surface area (TPSA) is 66.9 Å². The van der Waals surface area contributed by atoms with Gasteiger partial charge in [0.15, 0.2) is 0 Å². The van der Waals surface area contributed by atoms with Crippen LogP contribution in [0.25, 0.3) is 0 Å². The predicted molar refractivity (Wildman–Crippen MR) is 83.9 cm³/mol. The molecule has 0 amide bonds. The van der Waals surface area contributed by atoms with Crippen molar-refractivity contribution in [2.45, 2.75) is 39.2 Å². The fourth-order valence-electron chi connectivity index (χ4n) is 3.22. The fourth-order valence-corrected chi connectivity index (χ4v) is 3.22. The van der Waals surface area contributed by atoms with Crippen molar-refractivity contribution in [2.75, 3.05) is 20.2 Å². The Hall–Kier alpha value is -1.95. The van der Waals surface area contributed by atoms with Gasteiger partial charge >= 0.3 is 0 Å². The van der Waals surface area contributed by atoms with Gasteiger partial charge in [0.25, 0.3) is 0 Å². The number of H-pyrrole nitrogens is 1. The number of methoxy groups -OCH3 is 1. The second-order valence-electron chi connectivity index (χ2n) is 5.97. The summed E-state index contributed by atoms with van der Waals surface area (Å²) in [6.45, 7) is 7.12. The highest BCUT2D eigenvalue weighted by atomic mass is 16.5. The van der Waals surface area contributed by atoms with Gasteiger partial charge in [0.2, 0.25) is 0 Å². The van der Waals surface area contributed by atoms with Crippen molar-refractivity contribution in [1.82, 2.24) is 25.1 Å². The van der Waals surface area contributed by atoms with Crippen molar-refractivity contribution in [3.63, 3.8) is 0 Å². The van der Waals surface area contributed by atoms with Crippen LogP contribution in [0.3, 0.4) is 0 Å². The molecule has 0 radical (unpaired) electrons. The number of nitrogens with one attached hydrogen (secondary N) is 1. The Kier molecular flexibility index (Phi) is 4.38. The molecule has 1 saturated heterocycles. The highest BCUT2D eigenvalue weighted by molar-refractivity contribution is 5.41. The zero-order valence-electron chi connectivity index (χ0n) is 13.5. The predicted octanol–water partition coefficient (Wildman–Crippen LogP) is 2.20. The van der Waals surface area contributed by atoms with Crippen LogP contribution in [0, 0.1) is 13.8 Å². The average Bonchev–Trinajstić information content (AvgIpc) is 3.06. The second kappa shape index (κ2) is 6.44. The van der Waals surface area contributed by atoms with E-state index in [1.165, 1.54) is 0 Å². The van der Waals surface area contributed by atoms with E-state index in [0.717, 1.165) is 60.9 Å². The van der Waals surface area contributed by atoms with Gasteiger partial charge in [-0.1, -0.05) is 0 Å². The molecule has 1 fully saturated rings.